The number of aromatic nitrogens is 1. The highest BCUT2D eigenvalue weighted by Gasteiger charge is 2.22. The molecule has 1 N–H and O–H groups in total. The Labute approximate surface area is 138 Å². The van der Waals surface area contributed by atoms with Gasteiger partial charge in [-0.2, -0.15) is 0 Å². The van der Waals surface area contributed by atoms with E-state index in [1.165, 1.54) is 6.92 Å². The van der Waals surface area contributed by atoms with Crippen LogP contribution in [-0.4, -0.2) is 16.7 Å². The Morgan fingerprint density at radius 2 is 1.91 bits per heavy atom. The van der Waals surface area contributed by atoms with Gasteiger partial charge in [0, 0.05) is 22.9 Å². The predicted octanol–water partition coefficient (Wildman–Crippen LogP) is 4.29. The highest BCUT2D eigenvalue weighted by atomic mass is 35.5. The number of aryl methyl sites for hydroxylation is 1. The van der Waals surface area contributed by atoms with Crippen LogP contribution in [0.25, 0.3) is 10.9 Å². The lowest BCUT2D eigenvalue weighted by molar-refractivity contribution is -0.131. The van der Waals surface area contributed by atoms with Crippen molar-refractivity contribution in [3.8, 4) is 5.75 Å². The van der Waals surface area contributed by atoms with Gasteiger partial charge in [0.1, 0.15) is 5.69 Å². The molecule has 0 aliphatic heterocycles. The van der Waals surface area contributed by atoms with Gasteiger partial charge in [-0.15, -0.1) is 0 Å². The number of rotatable bonds is 3. The summed E-state index contributed by atoms with van der Waals surface area (Å²) in [5.41, 5.74) is 2.38. The van der Waals surface area contributed by atoms with Gasteiger partial charge < -0.3 is 9.72 Å². The van der Waals surface area contributed by atoms with Gasteiger partial charge in [0.25, 0.3) is 0 Å². The van der Waals surface area contributed by atoms with Crippen LogP contribution in [0.15, 0.2) is 42.5 Å². The van der Waals surface area contributed by atoms with E-state index in [-0.39, 0.29) is 17.2 Å². The van der Waals surface area contributed by atoms with Crippen molar-refractivity contribution in [1.29, 1.82) is 0 Å². The number of halogens is 1. The molecule has 0 aliphatic carbocycles. The number of carbonyl (C=O) groups excluding carboxylic acids is 2. The zero-order valence-electron chi connectivity index (χ0n) is 12.6. The number of ether oxygens (including phenoxy) is 1. The number of esters is 1. The Kier molecular flexibility index (Phi) is 3.92. The topological polar surface area (TPSA) is 59.2 Å². The fourth-order valence-corrected chi connectivity index (χ4v) is 2.66. The number of hydrogen-bond donors (Lipinski definition) is 1. The molecule has 0 amide bonds. The summed E-state index contributed by atoms with van der Waals surface area (Å²) < 4.78 is 5.28. The number of fused-ring (bicyclic) bond motifs is 1. The van der Waals surface area contributed by atoms with E-state index in [1.807, 2.05) is 19.1 Å². The molecule has 5 heteroatoms. The van der Waals surface area contributed by atoms with E-state index in [1.54, 1.807) is 30.3 Å². The maximum absolute atomic E-state index is 12.8. The summed E-state index contributed by atoms with van der Waals surface area (Å²) in [6.07, 6.45) is 0. The molecule has 3 aromatic rings. The van der Waals surface area contributed by atoms with E-state index >= 15 is 0 Å². The number of aromatic amines is 1. The molecule has 0 bridgehead atoms. The molecule has 1 aromatic heterocycles. The Morgan fingerprint density at radius 1 is 1.13 bits per heavy atom. The normalized spacial score (nSPS) is 10.7. The molecular formula is C18H14ClNO3. The van der Waals surface area contributed by atoms with Crippen LogP contribution in [0.1, 0.15) is 28.5 Å². The third kappa shape index (κ3) is 2.98. The highest BCUT2D eigenvalue weighted by Crippen LogP contribution is 2.33. The lowest BCUT2D eigenvalue weighted by Crippen LogP contribution is -2.08. The number of benzene rings is 2. The van der Waals surface area contributed by atoms with Crippen molar-refractivity contribution in [2.75, 3.05) is 0 Å². The summed E-state index contributed by atoms with van der Waals surface area (Å²) in [4.78, 5) is 27.2. The van der Waals surface area contributed by atoms with Crippen LogP contribution < -0.4 is 4.74 Å². The average molecular weight is 328 g/mol. The molecule has 0 radical (unpaired) electrons. The largest absolute Gasteiger partial charge is 0.424 e. The smallest absolute Gasteiger partial charge is 0.308 e. The first-order valence-electron chi connectivity index (χ1n) is 7.06. The van der Waals surface area contributed by atoms with E-state index in [0.717, 1.165) is 5.56 Å². The van der Waals surface area contributed by atoms with Crippen molar-refractivity contribution in [1.82, 2.24) is 4.98 Å². The Morgan fingerprint density at radius 3 is 2.61 bits per heavy atom. The Hall–Kier alpha value is -2.59. The van der Waals surface area contributed by atoms with Crippen LogP contribution in [0.5, 0.6) is 5.75 Å². The molecule has 0 fully saturated rings. The van der Waals surface area contributed by atoms with Gasteiger partial charge >= 0.3 is 5.97 Å². The van der Waals surface area contributed by atoms with Crippen molar-refractivity contribution in [2.24, 2.45) is 0 Å². The zero-order valence-corrected chi connectivity index (χ0v) is 13.4. The van der Waals surface area contributed by atoms with Gasteiger partial charge in [0.2, 0.25) is 5.78 Å². The van der Waals surface area contributed by atoms with Gasteiger partial charge in [-0.25, -0.2) is 0 Å². The molecule has 0 aliphatic rings. The number of carbonyl (C=O) groups is 2. The second-order valence-corrected chi connectivity index (χ2v) is 5.75. The predicted molar refractivity (Wildman–Crippen MR) is 89.2 cm³/mol. The van der Waals surface area contributed by atoms with E-state index in [9.17, 15) is 9.59 Å². The quantitative estimate of drug-likeness (QED) is 0.576. The van der Waals surface area contributed by atoms with Crippen LogP contribution in [0, 0.1) is 6.92 Å². The lowest BCUT2D eigenvalue weighted by Gasteiger charge is -2.04. The minimum Gasteiger partial charge on any atom is -0.424 e. The van der Waals surface area contributed by atoms with Crippen molar-refractivity contribution >= 4 is 34.3 Å². The average Bonchev–Trinajstić information content (AvgIpc) is 2.83. The molecule has 4 nitrogen and oxygen atoms in total. The zero-order chi connectivity index (χ0) is 16.6. The van der Waals surface area contributed by atoms with E-state index in [0.29, 0.717) is 21.5 Å². The summed E-state index contributed by atoms with van der Waals surface area (Å²) in [6.45, 7) is 3.21. The van der Waals surface area contributed by atoms with Crippen molar-refractivity contribution in [2.45, 2.75) is 13.8 Å². The fourth-order valence-electron chi connectivity index (χ4n) is 2.48. The summed E-state index contributed by atoms with van der Waals surface area (Å²) >= 11 is 5.99. The number of ketones is 1. The maximum atomic E-state index is 12.8. The van der Waals surface area contributed by atoms with Crippen LogP contribution >= 0.6 is 11.6 Å². The molecule has 3 rings (SSSR count). The maximum Gasteiger partial charge on any atom is 0.308 e. The lowest BCUT2D eigenvalue weighted by atomic mass is 10.1. The molecule has 0 spiro atoms. The van der Waals surface area contributed by atoms with Crippen LogP contribution in [0.3, 0.4) is 0 Å². The van der Waals surface area contributed by atoms with E-state index in [2.05, 4.69) is 4.98 Å². The van der Waals surface area contributed by atoms with Crippen LogP contribution in [0.2, 0.25) is 5.02 Å². The molecule has 0 atom stereocenters. The van der Waals surface area contributed by atoms with Gasteiger partial charge in [-0.05, 0) is 31.2 Å². The summed E-state index contributed by atoms with van der Waals surface area (Å²) in [7, 11) is 0. The van der Waals surface area contributed by atoms with E-state index in [4.69, 9.17) is 16.3 Å². The number of hydrogen-bond acceptors (Lipinski definition) is 3. The molecule has 23 heavy (non-hydrogen) atoms. The molecular weight excluding hydrogens is 314 g/mol. The van der Waals surface area contributed by atoms with Crippen LogP contribution in [0.4, 0.5) is 0 Å². The van der Waals surface area contributed by atoms with Gasteiger partial charge in [-0.1, -0.05) is 35.4 Å². The molecule has 2 aromatic carbocycles. The SMILES string of the molecule is CC(=O)Oc1c(C(=O)c2cccc(C)c2)[nH]c2cc(Cl)ccc12. The standard InChI is InChI=1S/C18H14ClNO3/c1-10-4-3-5-12(8-10)17(22)16-18(23-11(2)21)14-7-6-13(19)9-15(14)20-16/h3-9,20H,1-2H3. The van der Waals surface area contributed by atoms with Gasteiger partial charge in [0.15, 0.2) is 5.75 Å². The molecule has 0 saturated carbocycles. The number of H-pyrrole nitrogens is 1. The fraction of sp³-hybridized carbons (Fsp3) is 0.111. The first kappa shape index (κ1) is 15.3. The van der Waals surface area contributed by atoms with Crippen molar-refractivity contribution < 1.29 is 14.3 Å². The highest BCUT2D eigenvalue weighted by molar-refractivity contribution is 6.31. The van der Waals surface area contributed by atoms with Gasteiger partial charge in [0.05, 0.1) is 5.52 Å². The Bertz CT molecular complexity index is 927. The minimum absolute atomic E-state index is 0.232. The molecule has 0 unspecified atom stereocenters. The van der Waals surface area contributed by atoms with E-state index < -0.39 is 5.97 Å². The monoisotopic (exact) mass is 327 g/mol. The molecule has 0 saturated heterocycles. The molecule has 1 heterocycles. The third-order valence-electron chi connectivity index (χ3n) is 3.47. The summed E-state index contributed by atoms with van der Waals surface area (Å²) in [5, 5.41) is 1.17. The number of nitrogens with one attached hydrogen (secondary N) is 1. The van der Waals surface area contributed by atoms with Crippen LogP contribution in [-0.2, 0) is 4.79 Å². The summed E-state index contributed by atoms with van der Waals surface area (Å²) in [5.74, 6) is -0.493. The Balaban J connectivity index is 2.19. The van der Waals surface area contributed by atoms with Crippen molar-refractivity contribution in [3.05, 3.63) is 64.3 Å². The summed E-state index contributed by atoms with van der Waals surface area (Å²) in [6, 6.07) is 12.3. The second kappa shape index (κ2) is 5.89. The first-order valence-corrected chi connectivity index (χ1v) is 7.44. The van der Waals surface area contributed by atoms with Gasteiger partial charge in [-0.3, -0.25) is 9.59 Å². The first-order chi connectivity index (χ1) is 11.0. The minimum atomic E-state index is -0.487. The third-order valence-corrected chi connectivity index (χ3v) is 3.70. The molecule has 116 valence electrons. The van der Waals surface area contributed by atoms with Crippen molar-refractivity contribution in [3.63, 3.8) is 0 Å². The second-order valence-electron chi connectivity index (χ2n) is 5.31.